The van der Waals surface area contributed by atoms with E-state index in [0.29, 0.717) is 24.0 Å². The van der Waals surface area contributed by atoms with Crippen molar-refractivity contribution >= 4 is 0 Å². The second-order valence-electron chi connectivity index (χ2n) is 5.11. The average Bonchev–Trinajstić information content (AvgIpc) is 2.35. The van der Waals surface area contributed by atoms with Crippen LogP contribution in [-0.2, 0) is 12.8 Å². The molecule has 2 rings (SSSR count). The lowest BCUT2D eigenvalue weighted by Crippen LogP contribution is -2.30. The van der Waals surface area contributed by atoms with Crippen LogP contribution < -0.4 is 0 Å². The van der Waals surface area contributed by atoms with Crippen LogP contribution in [0.1, 0.15) is 18.1 Å². The summed E-state index contributed by atoms with van der Waals surface area (Å²) in [7, 11) is 0. The van der Waals surface area contributed by atoms with Crippen LogP contribution in [0.15, 0.2) is 48.5 Å². The highest BCUT2D eigenvalue weighted by Crippen LogP contribution is 2.27. The van der Waals surface area contributed by atoms with Crippen molar-refractivity contribution in [3.8, 4) is 11.5 Å². The average molecular weight is 258 g/mol. The van der Waals surface area contributed by atoms with E-state index in [4.69, 9.17) is 0 Å². The molecule has 0 fully saturated rings. The molecule has 3 heteroatoms. The lowest BCUT2D eigenvalue weighted by Gasteiger charge is -2.24. The highest BCUT2D eigenvalue weighted by molar-refractivity contribution is 5.35. The first-order chi connectivity index (χ1) is 8.98. The van der Waals surface area contributed by atoms with Gasteiger partial charge in [0.15, 0.2) is 0 Å². The van der Waals surface area contributed by atoms with Gasteiger partial charge in [0.1, 0.15) is 11.5 Å². The molecule has 0 radical (unpaired) electrons. The van der Waals surface area contributed by atoms with Crippen molar-refractivity contribution < 1.29 is 15.3 Å². The predicted molar refractivity (Wildman–Crippen MR) is 74.2 cm³/mol. The monoisotopic (exact) mass is 258 g/mol. The largest absolute Gasteiger partial charge is 0.508 e. The van der Waals surface area contributed by atoms with E-state index >= 15 is 0 Å². The summed E-state index contributed by atoms with van der Waals surface area (Å²) in [6, 6.07) is 13.9. The molecule has 0 aromatic heterocycles. The van der Waals surface area contributed by atoms with Gasteiger partial charge < -0.3 is 15.3 Å². The fourth-order valence-electron chi connectivity index (χ4n) is 2.20. The van der Waals surface area contributed by atoms with Crippen LogP contribution in [0.2, 0.25) is 0 Å². The maximum atomic E-state index is 10.4. The second-order valence-corrected chi connectivity index (χ2v) is 5.11. The van der Waals surface area contributed by atoms with E-state index < -0.39 is 5.60 Å². The molecule has 2 aromatic rings. The molecule has 0 aliphatic rings. The van der Waals surface area contributed by atoms with Gasteiger partial charge in [-0.15, -0.1) is 0 Å². The minimum atomic E-state index is -1.03. The molecule has 0 amide bonds. The van der Waals surface area contributed by atoms with Crippen LogP contribution in [0.3, 0.4) is 0 Å². The lowest BCUT2D eigenvalue weighted by molar-refractivity contribution is 0.0595. The molecule has 100 valence electrons. The summed E-state index contributed by atoms with van der Waals surface area (Å²) < 4.78 is 0. The van der Waals surface area contributed by atoms with Crippen molar-refractivity contribution in [1.29, 1.82) is 0 Å². The van der Waals surface area contributed by atoms with Crippen LogP contribution in [0.4, 0.5) is 0 Å². The molecule has 3 nitrogen and oxygen atoms in total. The first-order valence-corrected chi connectivity index (χ1v) is 6.24. The Morgan fingerprint density at radius 1 is 0.789 bits per heavy atom. The molecule has 0 bridgehead atoms. The van der Waals surface area contributed by atoms with Gasteiger partial charge in [-0.1, -0.05) is 36.4 Å². The second kappa shape index (κ2) is 5.33. The molecule has 0 aliphatic carbocycles. The number of phenolic OH excluding ortho intramolecular Hbond substituents is 2. The van der Waals surface area contributed by atoms with Crippen molar-refractivity contribution in [3.05, 3.63) is 59.7 Å². The Morgan fingerprint density at radius 2 is 1.16 bits per heavy atom. The highest BCUT2D eigenvalue weighted by atomic mass is 16.3. The van der Waals surface area contributed by atoms with Gasteiger partial charge in [-0.05, 0) is 30.2 Å². The van der Waals surface area contributed by atoms with Gasteiger partial charge in [-0.25, -0.2) is 0 Å². The molecule has 0 unspecified atom stereocenters. The van der Waals surface area contributed by atoms with E-state index in [0.717, 1.165) is 0 Å². The molecule has 0 atom stereocenters. The first-order valence-electron chi connectivity index (χ1n) is 6.24. The number of aliphatic hydroxyl groups is 1. The van der Waals surface area contributed by atoms with Crippen molar-refractivity contribution in [2.75, 3.05) is 0 Å². The number of rotatable bonds is 4. The first kappa shape index (κ1) is 13.4. The number of hydrogen-bond donors (Lipinski definition) is 3. The predicted octanol–water partition coefficient (Wildman–Crippen LogP) is 2.63. The standard InChI is InChI=1S/C16H18O3/c1-16(19,10-12-6-2-4-8-14(12)17)11-13-7-3-5-9-15(13)18/h2-9,17-19H,10-11H2,1H3. The van der Waals surface area contributed by atoms with Crippen LogP contribution in [-0.4, -0.2) is 20.9 Å². The fourth-order valence-corrected chi connectivity index (χ4v) is 2.20. The summed E-state index contributed by atoms with van der Waals surface area (Å²) in [6.07, 6.45) is 0.655. The van der Waals surface area contributed by atoms with Crippen molar-refractivity contribution in [2.45, 2.75) is 25.4 Å². The number of para-hydroxylation sites is 2. The normalized spacial score (nSPS) is 11.5. The van der Waals surface area contributed by atoms with Gasteiger partial charge >= 0.3 is 0 Å². The Balaban J connectivity index is 2.15. The number of phenols is 2. The SMILES string of the molecule is CC(O)(Cc1ccccc1O)Cc1ccccc1O. The number of hydrogen-bond acceptors (Lipinski definition) is 3. The van der Waals surface area contributed by atoms with Gasteiger partial charge in [0.05, 0.1) is 5.60 Å². The van der Waals surface area contributed by atoms with Crippen molar-refractivity contribution in [2.24, 2.45) is 0 Å². The Hall–Kier alpha value is -2.00. The zero-order valence-corrected chi connectivity index (χ0v) is 10.9. The zero-order chi connectivity index (χ0) is 13.9. The van der Waals surface area contributed by atoms with Gasteiger partial charge in [0.2, 0.25) is 0 Å². The van der Waals surface area contributed by atoms with E-state index in [-0.39, 0.29) is 11.5 Å². The van der Waals surface area contributed by atoms with Crippen LogP contribution in [0, 0.1) is 0 Å². The quantitative estimate of drug-likeness (QED) is 0.790. The molecule has 0 aliphatic heterocycles. The highest BCUT2D eigenvalue weighted by Gasteiger charge is 2.24. The molecular formula is C16H18O3. The Morgan fingerprint density at radius 3 is 1.53 bits per heavy atom. The van der Waals surface area contributed by atoms with Gasteiger partial charge in [0.25, 0.3) is 0 Å². The van der Waals surface area contributed by atoms with Gasteiger partial charge in [-0.2, -0.15) is 0 Å². The molecule has 3 N–H and O–H groups in total. The third kappa shape index (κ3) is 3.48. The number of benzene rings is 2. The Kier molecular flexibility index (Phi) is 3.76. The molecule has 2 aromatic carbocycles. The number of aromatic hydroxyl groups is 2. The molecule has 0 saturated heterocycles. The summed E-state index contributed by atoms with van der Waals surface area (Å²) in [5.41, 5.74) is 0.364. The summed E-state index contributed by atoms with van der Waals surface area (Å²) in [6.45, 7) is 1.70. The van der Waals surface area contributed by atoms with Crippen molar-refractivity contribution in [3.63, 3.8) is 0 Å². The molecule has 0 spiro atoms. The van der Waals surface area contributed by atoms with E-state index in [9.17, 15) is 15.3 Å². The van der Waals surface area contributed by atoms with Crippen LogP contribution in [0.25, 0.3) is 0 Å². The van der Waals surface area contributed by atoms with E-state index in [2.05, 4.69) is 0 Å². The van der Waals surface area contributed by atoms with Gasteiger partial charge in [-0.3, -0.25) is 0 Å². The zero-order valence-electron chi connectivity index (χ0n) is 10.9. The third-order valence-corrected chi connectivity index (χ3v) is 3.13. The van der Waals surface area contributed by atoms with Crippen molar-refractivity contribution in [1.82, 2.24) is 0 Å². The fraction of sp³-hybridized carbons (Fsp3) is 0.250. The summed E-state index contributed by atoms with van der Waals surface area (Å²) >= 11 is 0. The smallest absolute Gasteiger partial charge is 0.118 e. The Bertz CT molecular complexity index is 512. The van der Waals surface area contributed by atoms with E-state index in [1.807, 2.05) is 12.1 Å². The van der Waals surface area contributed by atoms with Crippen LogP contribution >= 0.6 is 0 Å². The minimum absolute atomic E-state index is 0.181. The minimum Gasteiger partial charge on any atom is -0.508 e. The molecule has 0 saturated carbocycles. The molecule has 19 heavy (non-hydrogen) atoms. The summed E-state index contributed by atoms with van der Waals surface area (Å²) in [5, 5.41) is 29.9. The maximum absolute atomic E-state index is 10.4. The summed E-state index contributed by atoms with van der Waals surface area (Å²) in [4.78, 5) is 0. The lowest BCUT2D eigenvalue weighted by atomic mass is 9.89. The summed E-state index contributed by atoms with van der Waals surface area (Å²) in [5.74, 6) is 0.361. The van der Waals surface area contributed by atoms with Crippen LogP contribution in [0.5, 0.6) is 11.5 Å². The van der Waals surface area contributed by atoms with Gasteiger partial charge in [0, 0.05) is 12.8 Å². The topological polar surface area (TPSA) is 60.7 Å². The third-order valence-electron chi connectivity index (χ3n) is 3.13. The maximum Gasteiger partial charge on any atom is 0.118 e. The Labute approximate surface area is 112 Å². The van der Waals surface area contributed by atoms with E-state index in [1.54, 1.807) is 43.3 Å². The molecule has 0 heterocycles. The molecular weight excluding hydrogens is 240 g/mol. The van der Waals surface area contributed by atoms with E-state index in [1.165, 1.54) is 0 Å².